The summed E-state index contributed by atoms with van der Waals surface area (Å²) in [5, 5.41) is 13.9. The van der Waals surface area contributed by atoms with Gasteiger partial charge in [0.15, 0.2) is 18.1 Å². The molecule has 0 atom stereocenters. The molecule has 0 saturated carbocycles. The molecule has 2 aromatic carbocycles. The molecule has 0 bridgehead atoms. The van der Waals surface area contributed by atoms with Crippen LogP contribution in [0.1, 0.15) is 59.1 Å². The molecule has 174 valence electrons. The maximum absolute atomic E-state index is 12.1. The first-order valence-corrected chi connectivity index (χ1v) is 11.4. The van der Waals surface area contributed by atoms with Crippen molar-refractivity contribution in [3.8, 4) is 17.2 Å². The van der Waals surface area contributed by atoms with Crippen LogP contribution < -0.4 is 14.9 Å². The molecule has 0 aliphatic rings. The number of hydrazone groups is 1. The Labute approximate surface area is 199 Å². The van der Waals surface area contributed by atoms with Crippen molar-refractivity contribution < 1.29 is 19.4 Å². The molecule has 0 aromatic heterocycles. The van der Waals surface area contributed by atoms with E-state index in [2.05, 4.69) is 73.2 Å². The predicted octanol–water partition coefficient (Wildman–Crippen LogP) is 5.80. The first kappa shape index (κ1) is 25.7. The molecule has 0 radical (unpaired) electrons. The number of nitrogens with zero attached hydrogens (tertiary/aromatic N) is 1. The number of benzene rings is 2. The van der Waals surface area contributed by atoms with Crippen molar-refractivity contribution in [2.24, 2.45) is 10.5 Å². The number of rotatable bonds is 9. The summed E-state index contributed by atoms with van der Waals surface area (Å²) in [6.07, 6.45) is 2.53. The summed E-state index contributed by atoms with van der Waals surface area (Å²) in [4.78, 5) is 12.1. The highest BCUT2D eigenvalue weighted by Crippen LogP contribution is 2.37. The summed E-state index contributed by atoms with van der Waals surface area (Å²) in [5.41, 5.74) is 4.62. The first-order chi connectivity index (χ1) is 14.9. The zero-order valence-electron chi connectivity index (χ0n) is 19.7. The van der Waals surface area contributed by atoms with Crippen molar-refractivity contribution in [2.75, 3.05) is 13.2 Å². The Morgan fingerprint density at radius 1 is 1.12 bits per heavy atom. The number of hydrogen-bond acceptors (Lipinski definition) is 5. The van der Waals surface area contributed by atoms with Crippen molar-refractivity contribution >= 4 is 28.1 Å². The second-order valence-electron chi connectivity index (χ2n) is 9.51. The van der Waals surface area contributed by atoms with E-state index in [9.17, 15) is 9.90 Å². The lowest BCUT2D eigenvalue weighted by Crippen LogP contribution is -2.25. The van der Waals surface area contributed by atoms with Crippen LogP contribution in [0.25, 0.3) is 0 Å². The lowest BCUT2D eigenvalue weighted by Gasteiger charge is -2.33. The van der Waals surface area contributed by atoms with E-state index in [0.717, 1.165) is 6.42 Å². The normalized spacial score (nSPS) is 12.1. The van der Waals surface area contributed by atoms with E-state index in [1.165, 1.54) is 11.8 Å². The fraction of sp³-hybridized carbons (Fsp3) is 0.440. The van der Waals surface area contributed by atoms with E-state index in [1.54, 1.807) is 12.1 Å². The van der Waals surface area contributed by atoms with E-state index in [1.807, 2.05) is 19.1 Å². The maximum Gasteiger partial charge on any atom is 0.277 e. The molecule has 0 spiro atoms. The largest absolute Gasteiger partial charge is 0.503 e. The fourth-order valence-corrected chi connectivity index (χ4v) is 4.18. The molecule has 2 rings (SSSR count). The van der Waals surface area contributed by atoms with Crippen LogP contribution >= 0.6 is 15.9 Å². The third kappa shape index (κ3) is 7.86. The van der Waals surface area contributed by atoms with Gasteiger partial charge in [-0.3, -0.25) is 4.79 Å². The second kappa shape index (κ2) is 10.9. The number of aromatic hydroxyl groups is 1. The zero-order valence-corrected chi connectivity index (χ0v) is 21.2. The van der Waals surface area contributed by atoms with Gasteiger partial charge in [-0.1, -0.05) is 46.8 Å². The van der Waals surface area contributed by atoms with Gasteiger partial charge in [-0.25, -0.2) is 5.43 Å². The average molecular weight is 505 g/mol. The molecule has 1 amide bonds. The Bertz CT molecular complexity index is 948. The molecule has 0 fully saturated rings. The summed E-state index contributed by atoms with van der Waals surface area (Å²) in [5.74, 6) is 0.617. The molecule has 0 unspecified atom stereocenters. The Balaban J connectivity index is 1.90. The van der Waals surface area contributed by atoms with Gasteiger partial charge in [0.1, 0.15) is 5.75 Å². The van der Waals surface area contributed by atoms with Gasteiger partial charge in [-0.15, -0.1) is 0 Å². The topological polar surface area (TPSA) is 80.2 Å². The number of carbonyl (C=O) groups is 1. The number of carbonyl (C=O) groups excluding carboxylic acids is 1. The number of amides is 1. The Hall–Kier alpha value is -2.54. The number of halogens is 1. The monoisotopic (exact) mass is 504 g/mol. The maximum atomic E-state index is 12.1. The molecular weight excluding hydrogens is 472 g/mol. The number of ether oxygens (including phenoxy) is 2. The molecular formula is C25H33BrN2O4. The molecule has 32 heavy (non-hydrogen) atoms. The van der Waals surface area contributed by atoms with E-state index in [0.29, 0.717) is 28.1 Å². The molecule has 0 aliphatic carbocycles. The van der Waals surface area contributed by atoms with Crippen LogP contribution in [0.15, 0.2) is 46.0 Å². The highest BCUT2D eigenvalue weighted by Gasteiger charge is 2.27. The van der Waals surface area contributed by atoms with Gasteiger partial charge in [0, 0.05) is 0 Å². The molecule has 7 heteroatoms. The third-order valence-corrected chi connectivity index (χ3v) is 5.34. The Morgan fingerprint density at radius 3 is 2.38 bits per heavy atom. The SMILES string of the molecule is CCOc1cc(/C=N/NC(=O)COc2ccc(C(C)(C)CC(C)(C)C)cc2)cc(Br)c1O. The Morgan fingerprint density at radius 2 is 1.78 bits per heavy atom. The van der Waals surface area contributed by atoms with Crippen molar-refractivity contribution in [1.82, 2.24) is 5.43 Å². The average Bonchev–Trinajstić information content (AvgIpc) is 2.69. The number of phenolic OH excluding ortho intramolecular Hbond substituents is 1. The lowest BCUT2D eigenvalue weighted by molar-refractivity contribution is -0.123. The van der Waals surface area contributed by atoms with Gasteiger partial charge >= 0.3 is 0 Å². The van der Waals surface area contributed by atoms with Gasteiger partial charge in [0.2, 0.25) is 0 Å². The number of nitrogens with one attached hydrogen (secondary N) is 1. The second-order valence-corrected chi connectivity index (χ2v) is 10.4. The summed E-state index contributed by atoms with van der Waals surface area (Å²) in [6, 6.07) is 11.2. The van der Waals surface area contributed by atoms with Gasteiger partial charge in [-0.2, -0.15) is 5.10 Å². The van der Waals surface area contributed by atoms with Crippen LogP contribution in [0.2, 0.25) is 0 Å². The predicted molar refractivity (Wildman–Crippen MR) is 132 cm³/mol. The van der Waals surface area contributed by atoms with E-state index < -0.39 is 0 Å². The minimum absolute atomic E-state index is 0.0225. The van der Waals surface area contributed by atoms with Crippen LogP contribution in [-0.2, 0) is 10.2 Å². The van der Waals surface area contributed by atoms with Gasteiger partial charge in [-0.05, 0) is 75.5 Å². The molecule has 6 nitrogen and oxygen atoms in total. The molecule has 2 N–H and O–H groups in total. The Kier molecular flexibility index (Phi) is 8.73. The van der Waals surface area contributed by atoms with Crippen molar-refractivity contribution in [1.29, 1.82) is 0 Å². The van der Waals surface area contributed by atoms with Crippen molar-refractivity contribution in [2.45, 2.75) is 53.4 Å². The fourth-order valence-electron chi connectivity index (χ4n) is 3.72. The molecule has 0 aliphatic heterocycles. The van der Waals surface area contributed by atoms with Crippen LogP contribution in [0.5, 0.6) is 17.2 Å². The highest BCUT2D eigenvalue weighted by atomic mass is 79.9. The van der Waals surface area contributed by atoms with E-state index in [4.69, 9.17) is 9.47 Å². The first-order valence-electron chi connectivity index (χ1n) is 10.6. The summed E-state index contributed by atoms with van der Waals surface area (Å²) in [7, 11) is 0. The van der Waals surface area contributed by atoms with Gasteiger partial charge in [0.25, 0.3) is 5.91 Å². The van der Waals surface area contributed by atoms with Gasteiger partial charge < -0.3 is 14.6 Å². The van der Waals surface area contributed by atoms with Crippen LogP contribution in [0.4, 0.5) is 0 Å². The van der Waals surface area contributed by atoms with E-state index in [-0.39, 0.29) is 29.1 Å². The van der Waals surface area contributed by atoms with E-state index >= 15 is 0 Å². The number of hydrogen-bond donors (Lipinski definition) is 2. The van der Waals surface area contributed by atoms with Crippen LogP contribution in [-0.4, -0.2) is 30.4 Å². The summed E-state index contributed by atoms with van der Waals surface area (Å²) in [6.45, 7) is 13.3. The molecule has 0 saturated heterocycles. The van der Waals surface area contributed by atoms with Gasteiger partial charge in [0.05, 0.1) is 17.3 Å². The smallest absolute Gasteiger partial charge is 0.277 e. The van der Waals surface area contributed by atoms with Crippen LogP contribution in [0.3, 0.4) is 0 Å². The third-order valence-electron chi connectivity index (χ3n) is 4.73. The standard InChI is InChI=1S/C25H33BrN2O4/c1-7-31-21-13-17(12-20(26)23(21)30)14-27-28-22(29)15-32-19-10-8-18(9-11-19)25(5,6)16-24(2,3)4/h8-14,30H,7,15-16H2,1-6H3,(H,28,29)/b27-14+. The van der Waals surface area contributed by atoms with Crippen molar-refractivity contribution in [3.05, 3.63) is 52.0 Å². The quantitative estimate of drug-likeness (QED) is 0.334. The molecule has 2 aromatic rings. The van der Waals surface area contributed by atoms with Crippen LogP contribution in [0, 0.1) is 5.41 Å². The highest BCUT2D eigenvalue weighted by molar-refractivity contribution is 9.10. The molecule has 0 heterocycles. The minimum atomic E-state index is -0.374. The zero-order chi connectivity index (χ0) is 23.9. The van der Waals surface area contributed by atoms with Crippen molar-refractivity contribution in [3.63, 3.8) is 0 Å². The lowest BCUT2D eigenvalue weighted by atomic mass is 9.72. The summed E-state index contributed by atoms with van der Waals surface area (Å²) < 4.78 is 11.4. The number of phenols is 1. The summed E-state index contributed by atoms with van der Waals surface area (Å²) >= 11 is 3.27. The minimum Gasteiger partial charge on any atom is -0.503 e.